The number of aliphatic carboxylic acids is 1. The molecule has 0 aromatic heterocycles. The molecule has 2 aliphatic rings. The Morgan fingerprint density at radius 1 is 1.07 bits per heavy atom. The van der Waals surface area contributed by atoms with E-state index in [0.29, 0.717) is 49.0 Å². The number of methoxy groups -OCH3 is 2. The first-order valence-corrected chi connectivity index (χ1v) is 14.7. The van der Waals surface area contributed by atoms with Crippen molar-refractivity contribution >= 4 is 46.8 Å². The van der Waals surface area contributed by atoms with Crippen LogP contribution in [0.25, 0.3) is 0 Å². The number of amides is 2. The quantitative estimate of drug-likeness (QED) is 0.446. The van der Waals surface area contributed by atoms with Crippen molar-refractivity contribution in [1.29, 1.82) is 0 Å². The van der Waals surface area contributed by atoms with Crippen LogP contribution >= 0.6 is 23.4 Å². The molecule has 2 unspecified atom stereocenters. The van der Waals surface area contributed by atoms with Gasteiger partial charge >= 0.3 is 5.97 Å². The van der Waals surface area contributed by atoms with Gasteiger partial charge in [-0.15, -0.1) is 11.8 Å². The van der Waals surface area contributed by atoms with Crippen molar-refractivity contribution in [1.82, 2.24) is 4.90 Å². The van der Waals surface area contributed by atoms with Gasteiger partial charge in [0.25, 0.3) is 0 Å². The van der Waals surface area contributed by atoms with Gasteiger partial charge in [0.15, 0.2) is 11.5 Å². The molecule has 0 aliphatic carbocycles. The SMILES string of the molecule is COc1cccc(C2SC(CC(=O)N3CCC(C(=O)O)CC3)C(=O)N(CC(C)(C)C)c3ccc(Cl)cc32)c1OC. The molecule has 2 amide bonds. The Bertz CT molecular complexity index is 1270. The number of thioether (sulfide) groups is 1. The Kier molecular flexibility index (Phi) is 9.25. The molecular weight excluding hydrogens is 552 g/mol. The number of carbonyl (C=O) groups excluding carboxylic acids is 2. The molecular formula is C30H37ClN2O6S. The highest BCUT2D eigenvalue weighted by molar-refractivity contribution is 8.01. The highest BCUT2D eigenvalue weighted by Crippen LogP contribution is 2.51. The van der Waals surface area contributed by atoms with E-state index in [-0.39, 0.29) is 28.9 Å². The standard InChI is InChI=1S/C30H37ClN2O6S/c1-30(2,3)17-33-22-10-9-19(31)15-21(22)27(20-7-6-8-23(38-4)26(20)39-5)40-24(28(33)35)16-25(34)32-13-11-18(12-14-32)29(36)37/h6-10,15,18,24,27H,11-14,16-17H2,1-5H3,(H,36,37). The number of carboxylic acids is 1. The van der Waals surface area contributed by atoms with E-state index in [2.05, 4.69) is 20.8 Å². The number of hydrogen-bond acceptors (Lipinski definition) is 6. The Morgan fingerprint density at radius 2 is 1.77 bits per heavy atom. The number of anilines is 1. The predicted octanol–water partition coefficient (Wildman–Crippen LogP) is 5.65. The first-order chi connectivity index (χ1) is 18.9. The number of carboxylic acid groups (broad SMARTS) is 1. The van der Waals surface area contributed by atoms with E-state index in [9.17, 15) is 19.5 Å². The van der Waals surface area contributed by atoms with E-state index in [4.69, 9.17) is 21.1 Å². The molecule has 4 rings (SSSR count). The minimum atomic E-state index is -0.828. The molecule has 10 heteroatoms. The molecule has 1 N–H and O–H groups in total. The lowest BCUT2D eigenvalue weighted by Gasteiger charge is -2.33. The van der Waals surface area contributed by atoms with Gasteiger partial charge in [0, 0.05) is 42.3 Å². The molecule has 2 aromatic rings. The van der Waals surface area contributed by atoms with Gasteiger partial charge in [-0.05, 0) is 48.1 Å². The number of rotatable bonds is 7. The summed E-state index contributed by atoms with van der Waals surface area (Å²) in [4.78, 5) is 42.6. The second kappa shape index (κ2) is 12.3. The van der Waals surface area contributed by atoms with E-state index in [1.54, 1.807) is 30.1 Å². The zero-order valence-electron chi connectivity index (χ0n) is 23.6. The van der Waals surface area contributed by atoms with Gasteiger partial charge in [0.05, 0.1) is 30.6 Å². The minimum absolute atomic E-state index is 0.00633. The fourth-order valence-electron chi connectivity index (χ4n) is 5.37. The van der Waals surface area contributed by atoms with Gasteiger partial charge in [-0.2, -0.15) is 0 Å². The van der Waals surface area contributed by atoms with E-state index < -0.39 is 17.1 Å². The van der Waals surface area contributed by atoms with Crippen LogP contribution in [0.3, 0.4) is 0 Å². The summed E-state index contributed by atoms with van der Waals surface area (Å²) < 4.78 is 11.4. The summed E-state index contributed by atoms with van der Waals surface area (Å²) in [6.45, 7) is 7.42. The smallest absolute Gasteiger partial charge is 0.306 e. The predicted molar refractivity (Wildman–Crippen MR) is 158 cm³/mol. The molecule has 2 heterocycles. The Balaban J connectivity index is 1.77. The maximum absolute atomic E-state index is 14.3. The lowest BCUT2D eigenvalue weighted by Crippen LogP contribution is -2.45. The summed E-state index contributed by atoms with van der Waals surface area (Å²) in [6.07, 6.45) is 0.833. The van der Waals surface area contributed by atoms with Crippen molar-refractivity contribution in [3.63, 3.8) is 0 Å². The van der Waals surface area contributed by atoms with Crippen molar-refractivity contribution in [3.05, 3.63) is 52.5 Å². The van der Waals surface area contributed by atoms with Crippen LogP contribution in [-0.4, -0.2) is 66.9 Å². The molecule has 1 fully saturated rings. The molecule has 0 bridgehead atoms. The molecule has 2 aromatic carbocycles. The second-order valence-corrected chi connectivity index (χ2v) is 13.2. The summed E-state index contributed by atoms with van der Waals surface area (Å²) in [5.74, 6) is -0.422. The third-order valence-corrected chi connectivity index (χ3v) is 9.02. The van der Waals surface area contributed by atoms with E-state index in [0.717, 1.165) is 16.8 Å². The van der Waals surface area contributed by atoms with Crippen LogP contribution in [-0.2, 0) is 14.4 Å². The molecule has 40 heavy (non-hydrogen) atoms. The number of hydrogen-bond donors (Lipinski definition) is 1. The van der Waals surface area contributed by atoms with E-state index in [1.807, 2.05) is 30.3 Å². The lowest BCUT2D eigenvalue weighted by molar-refractivity contribution is -0.145. The topological polar surface area (TPSA) is 96.4 Å². The van der Waals surface area contributed by atoms with Crippen LogP contribution < -0.4 is 14.4 Å². The number of nitrogens with zero attached hydrogens (tertiary/aromatic N) is 2. The minimum Gasteiger partial charge on any atom is -0.493 e. The molecule has 1 saturated heterocycles. The first-order valence-electron chi connectivity index (χ1n) is 13.4. The number of ether oxygens (including phenoxy) is 2. The monoisotopic (exact) mass is 588 g/mol. The van der Waals surface area contributed by atoms with Crippen molar-refractivity contribution in [2.24, 2.45) is 11.3 Å². The Hall–Kier alpha value is -2.91. The van der Waals surface area contributed by atoms with Gasteiger partial charge < -0.3 is 24.4 Å². The zero-order valence-corrected chi connectivity index (χ0v) is 25.2. The highest BCUT2D eigenvalue weighted by Gasteiger charge is 2.41. The number of carbonyl (C=O) groups is 3. The van der Waals surface area contributed by atoms with Gasteiger partial charge in [-0.1, -0.05) is 44.5 Å². The third kappa shape index (κ3) is 6.52. The number of para-hydroxylation sites is 1. The molecule has 0 saturated carbocycles. The normalized spacial score (nSPS) is 20.1. The molecule has 216 valence electrons. The summed E-state index contributed by atoms with van der Waals surface area (Å²) in [5, 5.41) is 8.84. The number of benzene rings is 2. The van der Waals surface area contributed by atoms with Crippen LogP contribution in [0.4, 0.5) is 5.69 Å². The number of piperidine rings is 1. The maximum atomic E-state index is 14.3. The van der Waals surface area contributed by atoms with Crippen LogP contribution in [0, 0.1) is 11.3 Å². The molecule has 8 nitrogen and oxygen atoms in total. The number of halogens is 1. The Labute approximate surface area is 244 Å². The van der Waals surface area contributed by atoms with Gasteiger partial charge in [-0.25, -0.2) is 0 Å². The largest absolute Gasteiger partial charge is 0.493 e. The van der Waals surface area contributed by atoms with Crippen LogP contribution in [0.15, 0.2) is 36.4 Å². The van der Waals surface area contributed by atoms with E-state index in [1.165, 1.54) is 11.8 Å². The second-order valence-electron chi connectivity index (χ2n) is 11.5. The first kappa shape index (κ1) is 30.1. The summed E-state index contributed by atoms with van der Waals surface area (Å²) >= 11 is 7.93. The molecule has 2 atom stereocenters. The number of likely N-dealkylation sites (tertiary alicyclic amines) is 1. The molecule has 2 aliphatic heterocycles. The molecule has 0 spiro atoms. The fraction of sp³-hybridized carbons (Fsp3) is 0.500. The van der Waals surface area contributed by atoms with Crippen LogP contribution in [0.5, 0.6) is 11.5 Å². The average Bonchev–Trinajstić information content (AvgIpc) is 3.02. The van der Waals surface area contributed by atoms with Crippen molar-refractivity contribution in [2.75, 3.05) is 38.8 Å². The van der Waals surface area contributed by atoms with Gasteiger partial charge in [0.1, 0.15) is 0 Å². The summed E-state index contributed by atoms with van der Waals surface area (Å²) in [5.41, 5.74) is 2.22. The van der Waals surface area contributed by atoms with Gasteiger partial charge in [-0.3, -0.25) is 14.4 Å². The van der Waals surface area contributed by atoms with Crippen molar-refractivity contribution in [3.8, 4) is 11.5 Å². The molecule has 0 radical (unpaired) electrons. The van der Waals surface area contributed by atoms with Gasteiger partial charge in [0.2, 0.25) is 11.8 Å². The summed E-state index contributed by atoms with van der Waals surface area (Å²) in [7, 11) is 3.16. The fourth-order valence-corrected chi connectivity index (χ4v) is 7.02. The third-order valence-electron chi connectivity index (χ3n) is 7.31. The Morgan fingerprint density at radius 3 is 2.38 bits per heavy atom. The highest BCUT2D eigenvalue weighted by atomic mass is 35.5. The lowest BCUT2D eigenvalue weighted by atomic mass is 9.94. The average molecular weight is 589 g/mol. The number of fused-ring (bicyclic) bond motifs is 1. The van der Waals surface area contributed by atoms with Crippen LogP contribution in [0.1, 0.15) is 56.4 Å². The van der Waals surface area contributed by atoms with E-state index >= 15 is 0 Å². The van der Waals surface area contributed by atoms with Crippen molar-refractivity contribution in [2.45, 2.75) is 50.5 Å². The van der Waals surface area contributed by atoms with Crippen molar-refractivity contribution < 1.29 is 29.0 Å². The summed E-state index contributed by atoms with van der Waals surface area (Å²) in [6, 6.07) is 11.2. The van der Waals surface area contributed by atoms with Crippen LogP contribution in [0.2, 0.25) is 5.02 Å². The zero-order chi connectivity index (χ0) is 29.2. The maximum Gasteiger partial charge on any atom is 0.306 e.